The summed E-state index contributed by atoms with van der Waals surface area (Å²) >= 11 is 0. The number of hydrogen-bond donors (Lipinski definition) is 0. The molecule has 1 aliphatic heterocycles. The molecule has 0 bridgehead atoms. The van der Waals surface area contributed by atoms with Gasteiger partial charge in [-0.2, -0.15) is 0 Å². The molecule has 0 aromatic carbocycles. The minimum absolute atomic E-state index is 0.669. The molecular weight excluding hydrogens is 340 g/mol. The average Bonchev–Trinajstić information content (AvgIpc) is 2.55. The van der Waals surface area contributed by atoms with Crippen molar-refractivity contribution >= 4 is 31.3 Å². The molecule has 1 aliphatic rings. The topological polar surface area (TPSA) is 180 Å². The Morgan fingerprint density at radius 1 is 1.05 bits per heavy atom. The Balaban J connectivity index is 2.52. The standard InChI is InChI=1S/C5H10BO11P3/c6-5-2-1-4(15-5)3-14-19(10,11)17-20(12,13)16-18(7,8)9/h1-2,4-5H,3H2,(H,10,11)(H,12,13)(H2,7,8,9)/p-4. The second-order valence-electron chi connectivity index (χ2n) is 3.32. The molecule has 0 spiro atoms. The van der Waals surface area contributed by atoms with Gasteiger partial charge >= 0.3 is 0 Å². The van der Waals surface area contributed by atoms with Crippen molar-refractivity contribution < 1.29 is 51.2 Å². The highest BCUT2D eigenvalue weighted by atomic mass is 31.3. The maximum atomic E-state index is 11.1. The number of rotatable bonds is 7. The molecule has 0 aromatic heterocycles. The van der Waals surface area contributed by atoms with E-state index < -0.39 is 42.2 Å². The molecule has 0 saturated heterocycles. The molecule has 0 aliphatic carbocycles. The normalized spacial score (nSPS) is 29.0. The van der Waals surface area contributed by atoms with E-state index in [0.717, 1.165) is 0 Å². The van der Waals surface area contributed by atoms with Gasteiger partial charge in [0.1, 0.15) is 7.85 Å². The van der Waals surface area contributed by atoms with E-state index in [2.05, 4.69) is 13.1 Å². The second-order valence-corrected chi connectivity index (χ2v) is 7.57. The summed E-state index contributed by atoms with van der Waals surface area (Å²) in [6.45, 7) is -0.669. The van der Waals surface area contributed by atoms with Crippen molar-refractivity contribution in [2.75, 3.05) is 6.61 Å². The molecule has 4 unspecified atom stereocenters. The second kappa shape index (κ2) is 6.52. The zero-order chi connectivity index (χ0) is 15.6. The lowest BCUT2D eigenvalue weighted by Crippen LogP contribution is -2.22. The summed E-state index contributed by atoms with van der Waals surface area (Å²) in [4.78, 5) is 42.0. The van der Waals surface area contributed by atoms with Crippen molar-refractivity contribution in [2.45, 2.75) is 12.1 Å². The van der Waals surface area contributed by atoms with Crippen LogP contribution in [0.4, 0.5) is 0 Å². The molecule has 0 amide bonds. The van der Waals surface area contributed by atoms with Gasteiger partial charge in [-0.15, -0.1) is 0 Å². The highest BCUT2D eigenvalue weighted by Gasteiger charge is 2.24. The van der Waals surface area contributed by atoms with Gasteiger partial charge in [-0.25, -0.2) is 4.31 Å². The third-order valence-corrected chi connectivity index (χ3v) is 5.31. The van der Waals surface area contributed by atoms with Crippen LogP contribution in [-0.4, -0.2) is 26.6 Å². The van der Waals surface area contributed by atoms with Gasteiger partial charge in [0.2, 0.25) is 0 Å². The van der Waals surface area contributed by atoms with Crippen LogP contribution in [0.3, 0.4) is 0 Å². The van der Waals surface area contributed by atoms with Crippen LogP contribution in [0, 0.1) is 0 Å². The van der Waals surface area contributed by atoms with Gasteiger partial charge in [-0.05, 0) is 0 Å². The zero-order valence-corrected chi connectivity index (χ0v) is 12.1. The number of phosphoric ester groups is 1. The van der Waals surface area contributed by atoms with Crippen LogP contribution in [0.15, 0.2) is 12.2 Å². The van der Waals surface area contributed by atoms with Crippen molar-refractivity contribution in [3.8, 4) is 0 Å². The van der Waals surface area contributed by atoms with Crippen molar-refractivity contribution in [2.24, 2.45) is 0 Å². The fourth-order valence-corrected chi connectivity index (χ4v) is 3.93. The fourth-order valence-electron chi connectivity index (χ4n) is 1.07. The van der Waals surface area contributed by atoms with E-state index in [9.17, 15) is 33.3 Å². The molecule has 4 atom stereocenters. The van der Waals surface area contributed by atoms with Gasteiger partial charge < -0.3 is 33.4 Å². The number of phosphoric acid groups is 3. The van der Waals surface area contributed by atoms with Crippen LogP contribution in [-0.2, 0) is 31.6 Å². The largest absolute Gasteiger partial charge is 0.790 e. The van der Waals surface area contributed by atoms with Gasteiger partial charge in [0.15, 0.2) is 0 Å². The van der Waals surface area contributed by atoms with Crippen LogP contribution in [0.2, 0.25) is 0 Å². The lowest BCUT2D eigenvalue weighted by molar-refractivity contribution is -0.339. The molecule has 114 valence electrons. The van der Waals surface area contributed by atoms with Gasteiger partial charge in [0, 0.05) is 6.00 Å². The van der Waals surface area contributed by atoms with Gasteiger partial charge in [0.05, 0.1) is 20.5 Å². The van der Waals surface area contributed by atoms with E-state index in [1.54, 1.807) is 0 Å². The Labute approximate surface area is 114 Å². The lowest BCUT2D eigenvalue weighted by Gasteiger charge is -2.37. The maximum Gasteiger partial charge on any atom is 0.278 e. The first-order valence-corrected chi connectivity index (χ1v) is 9.07. The van der Waals surface area contributed by atoms with Gasteiger partial charge in [0.25, 0.3) is 15.6 Å². The van der Waals surface area contributed by atoms with Crippen LogP contribution >= 0.6 is 23.5 Å². The quantitative estimate of drug-likeness (QED) is 0.265. The van der Waals surface area contributed by atoms with Crippen LogP contribution < -0.4 is 19.6 Å². The van der Waals surface area contributed by atoms with Gasteiger partial charge in [-0.1, -0.05) is 12.2 Å². The summed E-state index contributed by atoms with van der Waals surface area (Å²) in [6.07, 6.45) is 1.87. The molecular formula is C5H6BO11P3-4. The molecule has 20 heavy (non-hydrogen) atoms. The van der Waals surface area contributed by atoms with Crippen molar-refractivity contribution in [3.05, 3.63) is 12.2 Å². The van der Waals surface area contributed by atoms with E-state index in [4.69, 9.17) is 12.6 Å². The van der Waals surface area contributed by atoms with E-state index in [1.807, 2.05) is 0 Å². The molecule has 0 fully saturated rings. The number of hydrogen-bond acceptors (Lipinski definition) is 11. The Hall–Kier alpha value is 0.175. The Bertz CT molecular complexity index is 512. The SMILES string of the molecule is [B]C1C=CC(COP(=O)([O-])OP(=O)([O-])OP(=O)([O-])[O-])O1. The Kier molecular flexibility index (Phi) is 5.94. The predicted octanol–water partition coefficient (Wildman–Crippen LogP) is -2.75. The van der Waals surface area contributed by atoms with Crippen LogP contribution in [0.25, 0.3) is 0 Å². The Morgan fingerprint density at radius 2 is 1.65 bits per heavy atom. The average molecular weight is 346 g/mol. The van der Waals surface area contributed by atoms with Crippen molar-refractivity contribution in [1.29, 1.82) is 0 Å². The van der Waals surface area contributed by atoms with Crippen LogP contribution in [0.1, 0.15) is 0 Å². The molecule has 1 heterocycles. The molecule has 11 nitrogen and oxygen atoms in total. The molecule has 2 radical (unpaired) electrons. The third-order valence-electron chi connectivity index (χ3n) is 1.64. The van der Waals surface area contributed by atoms with Crippen LogP contribution in [0.5, 0.6) is 0 Å². The summed E-state index contributed by atoms with van der Waals surface area (Å²) < 4.78 is 47.3. The highest BCUT2D eigenvalue weighted by Crippen LogP contribution is 2.60. The first-order valence-electron chi connectivity index (χ1n) is 4.69. The summed E-state index contributed by atoms with van der Waals surface area (Å²) in [6, 6.07) is -0.767. The summed E-state index contributed by atoms with van der Waals surface area (Å²) in [5, 5.41) is 0. The van der Waals surface area contributed by atoms with E-state index in [0.29, 0.717) is 0 Å². The number of ether oxygens (including phenoxy) is 1. The van der Waals surface area contributed by atoms with Crippen molar-refractivity contribution in [1.82, 2.24) is 0 Å². The monoisotopic (exact) mass is 346 g/mol. The first kappa shape index (κ1) is 18.2. The van der Waals surface area contributed by atoms with Crippen molar-refractivity contribution in [3.63, 3.8) is 0 Å². The molecule has 0 saturated carbocycles. The predicted molar refractivity (Wildman–Crippen MR) is 54.5 cm³/mol. The molecule has 0 aromatic rings. The lowest BCUT2D eigenvalue weighted by atomic mass is 10.0. The zero-order valence-electron chi connectivity index (χ0n) is 9.43. The highest BCUT2D eigenvalue weighted by molar-refractivity contribution is 7.64. The molecule has 15 heteroatoms. The fraction of sp³-hybridized carbons (Fsp3) is 0.600. The maximum absolute atomic E-state index is 11.1. The first-order chi connectivity index (χ1) is 8.89. The van der Waals surface area contributed by atoms with E-state index >= 15 is 0 Å². The molecule has 0 N–H and O–H groups in total. The summed E-state index contributed by atoms with van der Waals surface area (Å²) in [5.74, 6) is 0. The third kappa shape index (κ3) is 7.26. The van der Waals surface area contributed by atoms with E-state index in [-0.39, 0.29) is 0 Å². The summed E-state index contributed by atoms with van der Waals surface area (Å²) in [7, 11) is -12.1. The van der Waals surface area contributed by atoms with E-state index in [1.165, 1.54) is 12.2 Å². The minimum atomic E-state index is -5.99. The smallest absolute Gasteiger partial charge is 0.278 e. The Morgan fingerprint density at radius 3 is 2.10 bits per heavy atom. The molecule has 1 rings (SSSR count). The summed E-state index contributed by atoms with van der Waals surface area (Å²) in [5.41, 5.74) is 0. The van der Waals surface area contributed by atoms with Gasteiger partial charge in [-0.3, -0.25) is 13.4 Å². The minimum Gasteiger partial charge on any atom is -0.790 e.